The molecule has 6 nitrogen and oxygen atoms in total. The van der Waals surface area contributed by atoms with Crippen molar-refractivity contribution in [2.75, 3.05) is 0 Å². The van der Waals surface area contributed by atoms with E-state index >= 15 is 0 Å². The molecule has 0 aliphatic rings. The Morgan fingerprint density at radius 2 is 0.663 bits per heavy atom. The third kappa shape index (κ3) is 7.79. The van der Waals surface area contributed by atoms with E-state index in [1.165, 1.54) is 21.5 Å². The maximum absolute atomic E-state index is 10.0. The lowest BCUT2D eigenvalue weighted by molar-refractivity contribution is 1.15. The summed E-state index contributed by atoms with van der Waals surface area (Å²) < 4.78 is 7.40. The van der Waals surface area contributed by atoms with Gasteiger partial charge in [-0.25, -0.2) is 9.97 Å². The van der Waals surface area contributed by atoms with Gasteiger partial charge in [0.05, 0.1) is 73.2 Å². The molecular weight excluding hydrogens is 1010 g/mol. The third-order valence-corrected chi connectivity index (χ3v) is 16.5. The van der Waals surface area contributed by atoms with Crippen molar-refractivity contribution in [3.05, 3.63) is 297 Å². The lowest BCUT2D eigenvalue weighted by Crippen LogP contribution is -2.06. The number of aromatic nitrogens is 5. The molecule has 6 heteroatoms. The molecule has 0 unspecified atom stereocenters. The summed E-state index contributed by atoms with van der Waals surface area (Å²) in [6.45, 7) is 0. The summed E-state index contributed by atoms with van der Waals surface area (Å²) >= 11 is 0. The van der Waals surface area contributed by atoms with Crippen LogP contribution in [0.3, 0.4) is 0 Å². The minimum Gasteiger partial charge on any atom is -0.309 e. The van der Waals surface area contributed by atoms with Crippen LogP contribution in [-0.4, -0.2) is 23.7 Å². The van der Waals surface area contributed by atoms with Crippen LogP contribution in [0.1, 0.15) is 5.56 Å². The molecule has 0 saturated heterocycles. The highest BCUT2D eigenvalue weighted by Gasteiger charge is 2.27. The second-order valence-corrected chi connectivity index (χ2v) is 21.2. The standard InChI is InChI=1S/C77H48N6/c78-49-50-22-21-27-53(44-50)54-42-43-75-63(45-54)60-32-11-20-41-74(60)83(75)76-64(61-33-12-18-39-72(61)81-68-35-14-7-28-56(68)57-29-8-15-36-69(57)81)46-55(67-48-66(51-23-3-1-4-24-51)79-77(80-67)52-25-5-2-6-26-52)47-65(76)62-34-13-19-40-73(62)82-70-37-16-9-30-58(70)59-31-10-17-38-71(59)82/h1-48H. The lowest BCUT2D eigenvalue weighted by atomic mass is 9.90. The van der Waals surface area contributed by atoms with Crippen LogP contribution in [-0.2, 0) is 0 Å². The average Bonchev–Trinajstić information content (AvgIpc) is 4.34. The maximum Gasteiger partial charge on any atom is 0.160 e. The van der Waals surface area contributed by atoms with Crippen molar-refractivity contribution >= 4 is 65.4 Å². The molecule has 4 heterocycles. The van der Waals surface area contributed by atoms with Crippen molar-refractivity contribution in [1.29, 1.82) is 5.26 Å². The molecular formula is C77H48N6. The number of para-hydroxylation sites is 7. The Kier molecular flexibility index (Phi) is 11.2. The summed E-state index contributed by atoms with van der Waals surface area (Å²) in [5.41, 5.74) is 21.0. The Morgan fingerprint density at radius 1 is 0.265 bits per heavy atom. The highest BCUT2D eigenvalue weighted by Crippen LogP contribution is 2.49. The van der Waals surface area contributed by atoms with Crippen molar-refractivity contribution in [3.8, 4) is 90.4 Å². The number of rotatable bonds is 9. The molecule has 0 bridgehead atoms. The van der Waals surface area contributed by atoms with Crippen molar-refractivity contribution in [2.24, 2.45) is 0 Å². The number of fused-ring (bicyclic) bond motifs is 9. The molecule has 0 N–H and O–H groups in total. The summed E-state index contributed by atoms with van der Waals surface area (Å²) in [4.78, 5) is 10.9. The molecule has 16 aromatic rings. The van der Waals surface area contributed by atoms with Crippen LogP contribution in [0.2, 0.25) is 0 Å². The summed E-state index contributed by atoms with van der Waals surface area (Å²) in [5.74, 6) is 0.643. The van der Waals surface area contributed by atoms with Gasteiger partial charge in [0.2, 0.25) is 0 Å². The fourth-order valence-corrected chi connectivity index (χ4v) is 12.8. The number of nitriles is 1. The van der Waals surface area contributed by atoms with Crippen LogP contribution in [0, 0.1) is 11.3 Å². The molecule has 0 aliphatic heterocycles. The first-order valence-corrected chi connectivity index (χ1v) is 28.0. The van der Waals surface area contributed by atoms with Crippen LogP contribution in [0.25, 0.3) is 150 Å². The van der Waals surface area contributed by atoms with Gasteiger partial charge in [-0.05, 0) is 96.1 Å². The number of hydrogen-bond donors (Lipinski definition) is 0. The second-order valence-electron chi connectivity index (χ2n) is 21.2. The Bertz CT molecular complexity index is 4950. The Labute approximate surface area is 478 Å². The van der Waals surface area contributed by atoms with E-state index in [0.29, 0.717) is 11.4 Å². The van der Waals surface area contributed by atoms with Gasteiger partial charge in [-0.1, -0.05) is 206 Å². The summed E-state index contributed by atoms with van der Waals surface area (Å²) in [7, 11) is 0. The monoisotopic (exact) mass is 1060 g/mol. The SMILES string of the molecule is N#Cc1cccc(-c2ccc3c(c2)c2ccccc2n3-c2c(-c3ccccc3-n3c4ccccc4c4ccccc43)cc(-c3cc(-c4ccccc4)nc(-c4ccccc4)n3)cc2-c2ccccc2-n2c3ccccc3c3ccccc32)c1. The van der Waals surface area contributed by atoms with E-state index in [1.807, 2.05) is 42.5 Å². The van der Waals surface area contributed by atoms with Gasteiger partial charge in [0.1, 0.15) is 0 Å². The van der Waals surface area contributed by atoms with Crippen molar-refractivity contribution in [3.63, 3.8) is 0 Å². The smallest absolute Gasteiger partial charge is 0.160 e. The second kappa shape index (κ2) is 19.5. The molecule has 0 saturated carbocycles. The predicted molar refractivity (Wildman–Crippen MR) is 342 cm³/mol. The minimum absolute atomic E-state index is 0.624. The van der Waals surface area contributed by atoms with E-state index in [0.717, 1.165) is 122 Å². The molecule has 386 valence electrons. The first-order valence-electron chi connectivity index (χ1n) is 28.0. The summed E-state index contributed by atoms with van der Waals surface area (Å²) in [6.07, 6.45) is 0. The molecule has 83 heavy (non-hydrogen) atoms. The van der Waals surface area contributed by atoms with Gasteiger partial charge >= 0.3 is 0 Å². The Morgan fingerprint density at radius 3 is 1.18 bits per heavy atom. The first-order chi connectivity index (χ1) is 41.1. The van der Waals surface area contributed by atoms with Crippen LogP contribution >= 0.6 is 0 Å². The molecule has 0 atom stereocenters. The van der Waals surface area contributed by atoms with E-state index in [4.69, 9.17) is 9.97 Å². The molecule has 16 rings (SSSR count). The molecule has 0 spiro atoms. The molecule has 0 aliphatic carbocycles. The van der Waals surface area contributed by atoms with Crippen LogP contribution in [0.4, 0.5) is 0 Å². The molecule has 0 fully saturated rings. The fraction of sp³-hybridized carbons (Fsp3) is 0. The zero-order valence-corrected chi connectivity index (χ0v) is 44.9. The van der Waals surface area contributed by atoms with Gasteiger partial charge in [-0.3, -0.25) is 0 Å². The normalized spacial score (nSPS) is 11.6. The van der Waals surface area contributed by atoms with E-state index < -0.39 is 0 Å². The Hall–Kier alpha value is -11.4. The van der Waals surface area contributed by atoms with Gasteiger partial charge in [-0.15, -0.1) is 0 Å². The van der Waals surface area contributed by atoms with E-state index in [-0.39, 0.29) is 0 Å². The van der Waals surface area contributed by atoms with Crippen molar-refractivity contribution in [2.45, 2.75) is 0 Å². The average molecular weight is 1060 g/mol. The zero-order valence-electron chi connectivity index (χ0n) is 44.9. The molecule has 12 aromatic carbocycles. The largest absolute Gasteiger partial charge is 0.309 e. The van der Waals surface area contributed by atoms with Crippen LogP contribution < -0.4 is 0 Å². The van der Waals surface area contributed by atoms with Gasteiger partial charge in [-0.2, -0.15) is 5.26 Å². The van der Waals surface area contributed by atoms with Gasteiger partial charge in [0.15, 0.2) is 5.82 Å². The van der Waals surface area contributed by atoms with Crippen LogP contribution in [0.5, 0.6) is 0 Å². The Balaban J connectivity index is 1.09. The van der Waals surface area contributed by atoms with Crippen molar-refractivity contribution < 1.29 is 0 Å². The van der Waals surface area contributed by atoms with Crippen LogP contribution in [0.15, 0.2) is 291 Å². The summed E-state index contributed by atoms with van der Waals surface area (Å²) in [6, 6.07) is 106. The fourth-order valence-electron chi connectivity index (χ4n) is 12.8. The number of hydrogen-bond acceptors (Lipinski definition) is 3. The molecule has 0 radical (unpaired) electrons. The van der Waals surface area contributed by atoms with E-state index in [9.17, 15) is 5.26 Å². The number of nitrogens with zero attached hydrogens (tertiary/aromatic N) is 6. The van der Waals surface area contributed by atoms with Crippen molar-refractivity contribution in [1.82, 2.24) is 23.7 Å². The first kappa shape index (κ1) is 47.6. The van der Waals surface area contributed by atoms with E-state index in [2.05, 4.69) is 268 Å². The van der Waals surface area contributed by atoms with Gasteiger partial charge in [0, 0.05) is 71.3 Å². The number of benzene rings is 12. The highest BCUT2D eigenvalue weighted by atomic mass is 15.0. The topological polar surface area (TPSA) is 64.4 Å². The zero-order chi connectivity index (χ0) is 55.0. The lowest BCUT2D eigenvalue weighted by Gasteiger charge is -2.24. The van der Waals surface area contributed by atoms with Gasteiger partial charge < -0.3 is 13.7 Å². The minimum atomic E-state index is 0.624. The van der Waals surface area contributed by atoms with Gasteiger partial charge in [0.25, 0.3) is 0 Å². The highest BCUT2D eigenvalue weighted by molar-refractivity contribution is 6.14. The molecule has 0 amide bonds. The summed E-state index contributed by atoms with van der Waals surface area (Å²) in [5, 5.41) is 17.0. The predicted octanol–water partition coefficient (Wildman–Crippen LogP) is 19.6. The quantitative estimate of drug-likeness (QED) is 0.145. The maximum atomic E-state index is 10.0. The molecule has 4 aromatic heterocycles. The van der Waals surface area contributed by atoms with E-state index in [1.54, 1.807) is 0 Å². The third-order valence-electron chi connectivity index (χ3n) is 16.5.